The number of hydrogen-bond acceptors (Lipinski definition) is 4. The molecule has 5 N–H and O–H groups in total. The van der Waals surface area contributed by atoms with Gasteiger partial charge in [-0.25, -0.2) is 0 Å². The molecular weight excluding hydrogens is 164 g/mol. The molecule has 1 fully saturated rings. The van der Waals surface area contributed by atoms with Crippen LogP contribution in [0.5, 0.6) is 0 Å². The number of aliphatic hydroxyl groups is 3. The molecule has 1 aliphatic heterocycles. The van der Waals surface area contributed by atoms with Gasteiger partial charge in [-0.1, -0.05) is 0 Å². The van der Waals surface area contributed by atoms with Crippen molar-refractivity contribution in [2.24, 2.45) is 0 Å². The molecule has 12 heavy (non-hydrogen) atoms. The maximum Gasteiger partial charge on any atom is 0.173 e. The first-order valence-electron chi connectivity index (χ1n) is 3.92. The third-order valence-electron chi connectivity index (χ3n) is 2.15. The molecular formula is C7H15O5+. The summed E-state index contributed by atoms with van der Waals surface area (Å²) in [6, 6.07) is 0. The van der Waals surface area contributed by atoms with Gasteiger partial charge in [0.1, 0.15) is 18.3 Å². The van der Waals surface area contributed by atoms with E-state index in [1.807, 2.05) is 0 Å². The van der Waals surface area contributed by atoms with Crippen molar-refractivity contribution in [2.45, 2.75) is 37.4 Å². The highest BCUT2D eigenvalue weighted by Crippen LogP contribution is 2.20. The molecule has 5 atom stereocenters. The Hall–Kier alpha value is -0.200. The summed E-state index contributed by atoms with van der Waals surface area (Å²) in [6.07, 6.45) is -4.65. The Labute approximate surface area is 70.2 Å². The SMILES string of the molecule is CC1OC(C[OH2+])C(O)C(O)C1O. The molecule has 0 aromatic carbocycles. The van der Waals surface area contributed by atoms with Crippen molar-refractivity contribution >= 4 is 0 Å². The maximum absolute atomic E-state index is 9.27. The van der Waals surface area contributed by atoms with Crippen LogP contribution in [0.25, 0.3) is 0 Å². The van der Waals surface area contributed by atoms with Crippen LogP contribution in [0.4, 0.5) is 0 Å². The second-order valence-corrected chi connectivity index (χ2v) is 3.06. The fourth-order valence-corrected chi connectivity index (χ4v) is 1.31. The van der Waals surface area contributed by atoms with E-state index >= 15 is 0 Å². The van der Waals surface area contributed by atoms with Gasteiger partial charge in [-0.2, -0.15) is 0 Å². The van der Waals surface area contributed by atoms with Crippen LogP contribution in [0, 0.1) is 0 Å². The van der Waals surface area contributed by atoms with Gasteiger partial charge in [0, 0.05) is 0 Å². The van der Waals surface area contributed by atoms with Gasteiger partial charge in [0.2, 0.25) is 0 Å². The standard InChI is InChI=1S/C7H14O5/c1-3-5(9)7(11)6(10)4(2-8)12-3/h3-11H,2H2,1H3/p+1. The molecule has 72 valence electrons. The normalized spacial score (nSPS) is 49.2. The Morgan fingerprint density at radius 1 is 1.17 bits per heavy atom. The molecule has 5 nitrogen and oxygen atoms in total. The molecule has 5 unspecified atom stereocenters. The molecule has 0 aliphatic carbocycles. The first-order valence-corrected chi connectivity index (χ1v) is 3.92. The van der Waals surface area contributed by atoms with Crippen molar-refractivity contribution in [2.75, 3.05) is 6.61 Å². The van der Waals surface area contributed by atoms with E-state index in [4.69, 9.17) is 9.84 Å². The second-order valence-electron chi connectivity index (χ2n) is 3.06. The smallest absolute Gasteiger partial charge is 0.173 e. The summed E-state index contributed by atoms with van der Waals surface area (Å²) in [7, 11) is 0. The van der Waals surface area contributed by atoms with Crippen LogP contribution < -0.4 is 0 Å². The molecule has 1 rings (SSSR count). The van der Waals surface area contributed by atoms with Gasteiger partial charge in [-0.15, -0.1) is 0 Å². The average Bonchev–Trinajstić information content (AvgIpc) is 2.08. The Bertz CT molecular complexity index is 146. The van der Waals surface area contributed by atoms with Crippen molar-refractivity contribution in [3.8, 4) is 0 Å². The lowest BCUT2D eigenvalue weighted by Gasteiger charge is -2.37. The predicted molar refractivity (Wildman–Crippen MR) is 40.8 cm³/mol. The fraction of sp³-hybridized carbons (Fsp3) is 1.00. The summed E-state index contributed by atoms with van der Waals surface area (Å²) in [5, 5.41) is 34.8. The van der Waals surface area contributed by atoms with Crippen molar-refractivity contribution in [3.05, 3.63) is 0 Å². The summed E-state index contributed by atoms with van der Waals surface area (Å²) in [5.74, 6) is 0. The summed E-state index contributed by atoms with van der Waals surface area (Å²) < 4.78 is 5.08. The van der Waals surface area contributed by atoms with Crippen LogP contribution in [0.2, 0.25) is 0 Å². The highest BCUT2D eigenvalue weighted by Gasteiger charge is 2.42. The van der Waals surface area contributed by atoms with E-state index in [1.54, 1.807) is 6.92 Å². The molecule has 1 saturated heterocycles. The molecule has 0 spiro atoms. The number of rotatable bonds is 1. The van der Waals surface area contributed by atoms with Gasteiger partial charge in [0.15, 0.2) is 12.7 Å². The Morgan fingerprint density at radius 2 is 1.75 bits per heavy atom. The van der Waals surface area contributed by atoms with Crippen LogP contribution in [0.1, 0.15) is 6.92 Å². The van der Waals surface area contributed by atoms with Crippen molar-refractivity contribution in [1.29, 1.82) is 0 Å². The number of hydrogen-bond donors (Lipinski definition) is 3. The first kappa shape index (κ1) is 9.88. The zero-order valence-electron chi connectivity index (χ0n) is 6.84. The van der Waals surface area contributed by atoms with Crippen LogP contribution in [0.15, 0.2) is 0 Å². The predicted octanol–water partition coefficient (Wildman–Crippen LogP) is -2.42. The van der Waals surface area contributed by atoms with E-state index in [1.165, 1.54) is 0 Å². The zero-order chi connectivity index (χ0) is 9.30. The molecule has 0 radical (unpaired) electrons. The maximum atomic E-state index is 9.27. The van der Waals surface area contributed by atoms with Crippen LogP contribution >= 0.6 is 0 Å². The highest BCUT2D eigenvalue weighted by atomic mass is 16.5. The van der Waals surface area contributed by atoms with Crippen LogP contribution in [-0.2, 0) is 4.74 Å². The summed E-state index contributed by atoms with van der Waals surface area (Å²) >= 11 is 0. The number of aliphatic hydroxyl groups excluding tert-OH is 3. The van der Waals surface area contributed by atoms with E-state index in [9.17, 15) is 15.3 Å². The van der Waals surface area contributed by atoms with Gasteiger partial charge in [-0.05, 0) is 6.92 Å². The van der Waals surface area contributed by atoms with Gasteiger partial charge >= 0.3 is 0 Å². The largest absolute Gasteiger partial charge is 0.443 e. The van der Waals surface area contributed by atoms with Gasteiger partial charge < -0.3 is 25.2 Å². The van der Waals surface area contributed by atoms with E-state index in [0.717, 1.165) is 0 Å². The molecule has 0 bridgehead atoms. The molecule has 1 aliphatic rings. The molecule has 0 amide bonds. The number of ether oxygens (including phenoxy) is 1. The summed E-state index contributed by atoms with van der Waals surface area (Å²) in [6.45, 7) is 1.48. The average molecular weight is 179 g/mol. The van der Waals surface area contributed by atoms with E-state index < -0.39 is 30.5 Å². The molecule has 1 heterocycles. The van der Waals surface area contributed by atoms with Crippen LogP contribution in [0.3, 0.4) is 0 Å². The Morgan fingerprint density at radius 3 is 2.25 bits per heavy atom. The van der Waals surface area contributed by atoms with E-state index in [-0.39, 0.29) is 6.61 Å². The topological polar surface area (TPSA) is 92.8 Å². The minimum atomic E-state index is -1.20. The van der Waals surface area contributed by atoms with Gasteiger partial charge in [0.25, 0.3) is 0 Å². The summed E-state index contributed by atoms with van der Waals surface area (Å²) in [5.41, 5.74) is 0. The fourth-order valence-electron chi connectivity index (χ4n) is 1.31. The molecule has 0 aromatic heterocycles. The Balaban J connectivity index is 2.63. The summed E-state index contributed by atoms with van der Waals surface area (Å²) in [4.78, 5) is 0. The molecule has 0 aromatic rings. The lowest BCUT2D eigenvalue weighted by Crippen LogP contribution is -2.57. The third-order valence-corrected chi connectivity index (χ3v) is 2.15. The lowest BCUT2D eigenvalue weighted by molar-refractivity contribution is -0.224. The van der Waals surface area contributed by atoms with Gasteiger partial charge in [0.05, 0.1) is 6.10 Å². The highest BCUT2D eigenvalue weighted by molar-refractivity contribution is 4.89. The lowest BCUT2D eigenvalue weighted by atomic mass is 9.96. The quantitative estimate of drug-likeness (QED) is 0.390. The molecule has 5 heteroatoms. The Kier molecular flexibility index (Phi) is 3.03. The van der Waals surface area contributed by atoms with Crippen molar-refractivity contribution in [1.82, 2.24) is 0 Å². The minimum Gasteiger partial charge on any atom is -0.443 e. The first-order chi connectivity index (χ1) is 5.57. The molecule has 0 saturated carbocycles. The minimum absolute atomic E-state index is 0.116. The van der Waals surface area contributed by atoms with E-state index in [0.29, 0.717) is 0 Å². The van der Waals surface area contributed by atoms with Crippen molar-refractivity contribution in [3.63, 3.8) is 0 Å². The monoisotopic (exact) mass is 179 g/mol. The van der Waals surface area contributed by atoms with E-state index in [2.05, 4.69) is 0 Å². The third kappa shape index (κ3) is 1.60. The zero-order valence-corrected chi connectivity index (χ0v) is 6.84. The van der Waals surface area contributed by atoms with Crippen LogP contribution in [-0.4, -0.2) is 57.6 Å². The second kappa shape index (κ2) is 3.68. The van der Waals surface area contributed by atoms with Crippen molar-refractivity contribution < 1.29 is 25.2 Å². The van der Waals surface area contributed by atoms with Gasteiger partial charge in [-0.3, -0.25) is 0 Å².